The van der Waals surface area contributed by atoms with Gasteiger partial charge in [-0.15, -0.1) is 10.2 Å². The van der Waals surface area contributed by atoms with Crippen LogP contribution in [0.15, 0.2) is 42.1 Å². The largest absolute Gasteiger partial charge is 0.319 e. The van der Waals surface area contributed by atoms with Gasteiger partial charge in [-0.2, -0.15) is 8.78 Å². The molecule has 1 aliphatic carbocycles. The lowest BCUT2D eigenvalue weighted by Crippen LogP contribution is -2.04. The van der Waals surface area contributed by atoms with Gasteiger partial charge in [-0.1, -0.05) is 11.8 Å². The Balaban J connectivity index is 1.60. The van der Waals surface area contributed by atoms with Gasteiger partial charge in [0, 0.05) is 36.4 Å². The van der Waals surface area contributed by atoms with E-state index < -0.39 is 6.55 Å². The molecule has 0 amide bonds. The molecule has 0 radical (unpaired) electrons. The van der Waals surface area contributed by atoms with E-state index in [1.165, 1.54) is 24.2 Å². The zero-order chi connectivity index (χ0) is 16.5. The molecule has 24 heavy (non-hydrogen) atoms. The minimum absolute atomic E-state index is 0.315. The first kappa shape index (κ1) is 15.3. The van der Waals surface area contributed by atoms with Crippen molar-refractivity contribution in [1.82, 2.24) is 29.3 Å². The maximum absolute atomic E-state index is 12.9. The summed E-state index contributed by atoms with van der Waals surface area (Å²) in [6.07, 6.45) is 8.28. The first-order valence-electron chi connectivity index (χ1n) is 7.52. The Kier molecular flexibility index (Phi) is 4.01. The van der Waals surface area contributed by atoms with Gasteiger partial charge in [0.1, 0.15) is 5.82 Å². The number of aromatic nitrogens is 6. The lowest BCUT2D eigenvalue weighted by Gasteiger charge is -2.09. The fourth-order valence-electron chi connectivity index (χ4n) is 2.49. The SMILES string of the molecule is FC(F)n1ccnc1CSc1nnc(-c2cccnc2)n1C1CC1. The lowest BCUT2D eigenvalue weighted by atomic mass is 10.3. The number of pyridine rings is 1. The predicted octanol–water partition coefficient (Wildman–Crippen LogP) is 3.56. The lowest BCUT2D eigenvalue weighted by molar-refractivity contribution is 0.0678. The van der Waals surface area contributed by atoms with Gasteiger partial charge in [-0.3, -0.25) is 14.1 Å². The van der Waals surface area contributed by atoms with Gasteiger partial charge < -0.3 is 0 Å². The van der Waals surface area contributed by atoms with E-state index in [1.54, 1.807) is 12.4 Å². The molecule has 3 aromatic heterocycles. The van der Waals surface area contributed by atoms with Crippen molar-refractivity contribution in [1.29, 1.82) is 0 Å². The van der Waals surface area contributed by atoms with E-state index in [4.69, 9.17) is 0 Å². The third-order valence-corrected chi connectivity index (χ3v) is 4.72. The highest BCUT2D eigenvalue weighted by Gasteiger charge is 2.30. The van der Waals surface area contributed by atoms with Crippen LogP contribution in [0.3, 0.4) is 0 Å². The molecular formula is C15H14F2N6S. The Morgan fingerprint density at radius 2 is 2.12 bits per heavy atom. The van der Waals surface area contributed by atoms with Crippen LogP contribution in [0.1, 0.15) is 31.3 Å². The van der Waals surface area contributed by atoms with E-state index in [0.29, 0.717) is 17.6 Å². The minimum Gasteiger partial charge on any atom is -0.299 e. The maximum atomic E-state index is 12.9. The summed E-state index contributed by atoms with van der Waals surface area (Å²) < 4.78 is 28.8. The molecule has 4 rings (SSSR count). The highest BCUT2D eigenvalue weighted by Crippen LogP contribution is 2.41. The molecule has 0 bridgehead atoms. The minimum atomic E-state index is -2.59. The maximum Gasteiger partial charge on any atom is 0.319 e. The summed E-state index contributed by atoms with van der Waals surface area (Å²) in [5, 5.41) is 9.26. The monoisotopic (exact) mass is 348 g/mol. The van der Waals surface area contributed by atoms with Crippen LogP contribution < -0.4 is 0 Å². The molecule has 6 nitrogen and oxygen atoms in total. The normalized spacial score (nSPS) is 14.5. The molecule has 124 valence electrons. The molecule has 0 unspecified atom stereocenters. The van der Waals surface area contributed by atoms with Crippen LogP contribution in [-0.2, 0) is 5.75 Å². The molecule has 3 aromatic rings. The van der Waals surface area contributed by atoms with Crippen molar-refractivity contribution in [3.63, 3.8) is 0 Å². The van der Waals surface area contributed by atoms with E-state index in [9.17, 15) is 8.78 Å². The fraction of sp³-hybridized carbons (Fsp3) is 0.333. The van der Waals surface area contributed by atoms with E-state index in [0.717, 1.165) is 34.0 Å². The summed E-state index contributed by atoms with van der Waals surface area (Å²) in [4.78, 5) is 8.13. The summed E-state index contributed by atoms with van der Waals surface area (Å²) in [6.45, 7) is -2.59. The van der Waals surface area contributed by atoms with Gasteiger partial charge in [-0.25, -0.2) is 4.98 Å². The highest BCUT2D eigenvalue weighted by molar-refractivity contribution is 7.98. The number of halogens is 2. The molecule has 0 saturated heterocycles. The molecule has 0 atom stereocenters. The van der Waals surface area contributed by atoms with E-state index in [-0.39, 0.29) is 0 Å². The smallest absolute Gasteiger partial charge is 0.299 e. The Bertz CT molecular complexity index is 828. The van der Waals surface area contributed by atoms with Gasteiger partial charge >= 0.3 is 6.55 Å². The zero-order valence-corrected chi connectivity index (χ0v) is 13.4. The van der Waals surface area contributed by atoms with Crippen LogP contribution in [0.25, 0.3) is 11.4 Å². The van der Waals surface area contributed by atoms with Crippen molar-refractivity contribution in [2.24, 2.45) is 0 Å². The first-order chi connectivity index (χ1) is 11.7. The molecule has 3 heterocycles. The number of hydrogen-bond acceptors (Lipinski definition) is 5. The number of alkyl halides is 2. The van der Waals surface area contributed by atoms with Gasteiger partial charge in [0.25, 0.3) is 0 Å². The van der Waals surface area contributed by atoms with E-state index >= 15 is 0 Å². The van der Waals surface area contributed by atoms with E-state index in [2.05, 4.69) is 24.7 Å². The second-order valence-corrected chi connectivity index (χ2v) is 6.41. The van der Waals surface area contributed by atoms with Crippen molar-refractivity contribution in [3.05, 3.63) is 42.7 Å². The quantitative estimate of drug-likeness (QED) is 0.638. The number of nitrogens with zero attached hydrogens (tertiary/aromatic N) is 6. The first-order valence-corrected chi connectivity index (χ1v) is 8.50. The highest BCUT2D eigenvalue weighted by atomic mass is 32.2. The van der Waals surface area contributed by atoms with Crippen molar-refractivity contribution >= 4 is 11.8 Å². The van der Waals surface area contributed by atoms with Crippen LogP contribution in [0.4, 0.5) is 8.78 Å². The fourth-order valence-corrected chi connectivity index (χ4v) is 3.45. The Hall–Kier alpha value is -2.29. The number of rotatable bonds is 6. The van der Waals surface area contributed by atoms with Crippen LogP contribution in [0.2, 0.25) is 0 Å². The summed E-state index contributed by atoms with van der Waals surface area (Å²) in [6, 6.07) is 4.16. The molecule has 0 aliphatic heterocycles. The van der Waals surface area contributed by atoms with Crippen molar-refractivity contribution < 1.29 is 8.78 Å². The standard InChI is InChI=1S/C15H14F2N6S/c16-14(17)22-7-6-19-12(22)9-24-15-21-20-13(23(15)11-3-4-11)10-2-1-5-18-8-10/h1-2,5-8,11,14H,3-4,9H2. The van der Waals surface area contributed by atoms with Crippen LogP contribution >= 0.6 is 11.8 Å². The predicted molar refractivity (Wildman–Crippen MR) is 84.6 cm³/mol. The third kappa shape index (κ3) is 2.91. The van der Waals surface area contributed by atoms with Gasteiger partial charge in [0.05, 0.1) is 5.75 Å². The second-order valence-electron chi connectivity index (χ2n) is 5.47. The third-order valence-electron chi connectivity index (χ3n) is 3.79. The molecule has 0 aromatic carbocycles. The summed E-state index contributed by atoms with van der Waals surface area (Å²) in [5.41, 5.74) is 0.901. The average Bonchev–Trinajstić information content (AvgIpc) is 3.17. The molecule has 0 N–H and O–H groups in total. The summed E-state index contributed by atoms with van der Waals surface area (Å²) in [5.74, 6) is 1.41. The van der Waals surface area contributed by atoms with Gasteiger partial charge in [0.15, 0.2) is 11.0 Å². The average molecular weight is 348 g/mol. The van der Waals surface area contributed by atoms with Crippen LogP contribution in [0, 0.1) is 0 Å². The number of hydrogen-bond donors (Lipinski definition) is 0. The summed E-state index contributed by atoms with van der Waals surface area (Å²) >= 11 is 1.37. The summed E-state index contributed by atoms with van der Waals surface area (Å²) in [7, 11) is 0. The zero-order valence-electron chi connectivity index (χ0n) is 12.6. The van der Waals surface area contributed by atoms with Crippen molar-refractivity contribution in [2.45, 2.75) is 36.3 Å². The number of thioether (sulfide) groups is 1. The molecule has 9 heteroatoms. The molecule has 1 saturated carbocycles. The molecule has 1 fully saturated rings. The van der Waals surface area contributed by atoms with E-state index in [1.807, 2.05) is 12.1 Å². The molecule has 0 spiro atoms. The van der Waals surface area contributed by atoms with Gasteiger partial charge in [0.2, 0.25) is 0 Å². The topological polar surface area (TPSA) is 61.4 Å². The van der Waals surface area contributed by atoms with Gasteiger partial charge in [-0.05, 0) is 25.0 Å². The van der Waals surface area contributed by atoms with Crippen LogP contribution in [-0.4, -0.2) is 29.3 Å². The second kappa shape index (κ2) is 6.31. The number of imidazole rings is 1. The van der Waals surface area contributed by atoms with Crippen molar-refractivity contribution in [3.8, 4) is 11.4 Å². The Morgan fingerprint density at radius 3 is 2.83 bits per heavy atom. The van der Waals surface area contributed by atoms with Crippen molar-refractivity contribution in [2.75, 3.05) is 0 Å². The molecule has 1 aliphatic rings. The Morgan fingerprint density at radius 1 is 1.25 bits per heavy atom. The molecular weight excluding hydrogens is 334 g/mol. The van der Waals surface area contributed by atoms with Crippen LogP contribution in [0.5, 0.6) is 0 Å². The Labute approximate surface area is 141 Å².